The van der Waals surface area contributed by atoms with Gasteiger partial charge >= 0.3 is 0 Å². The number of benzene rings is 2. The highest BCUT2D eigenvalue weighted by molar-refractivity contribution is 8.03. The molecule has 0 N–H and O–H groups in total. The molecule has 6 nitrogen and oxygen atoms in total. The highest BCUT2D eigenvalue weighted by Crippen LogP contribution is 2.57. The molecule has 2 aliphatic heterocycles. The van der Waals surface area contributed by atoms with E-state index in [1.165, 1.54) is 21.6 Å². The number of anilines is 2. The first-order valence-corrected chi connectivity index (χ1v) is 9.96. The monoisotopic (exact) mass is 396 g/mol. The molecule has 2 atom stereocenters. The van der Waals surface area contributed by atoms with Crippen molar-refractivity contribution in [1.82, 2.24) is 0 Å². The summed E-state index contributed by atoms with van der Waals surface area (Å²) in [4.78, 5) is 40.9. The van der Waals surface area contributed by atoms with Gasteiger partial charge in [-0.3, -0.25) is 19.3 Å². The first-order chi connectivity index (χ1) is 13.5. The maximum absolute atomic E-state index is 13.7. The fourth-order valence-corrected chi connectivity index (χ4v) is 5.31. The second kappa shape index (κ2) is 6.67. The number of fused-ring (bicyclic) bond motifs is 2. The molecular weight excluding hydrogens is 376 g/mol. The summed E-state index contributed by atoms with van der Waals surface area (Å²) >= 11 is 1.28. The zero-order valence-electron chi connectivity index (χ0n) is 15.8. The highest BCUT2D eigenvalue weighted by Gasteiger charge is 2.64. The molecular formula is C21H20N2O4S. The smallest absolute Gasteiger partial charge is 0.275 e. The van der Waals surface area contributed by atoms with E-state index in [0.29, 0.717) is 22.7 Å². The van der Waals surface area contributed by atoms with E-state index in [0.717, 1.165) is 0 Å². The summed E-state index contributed by atoms with van der Waals surface area (Å²) in [6.07, 6.45) is 0.201. The third kappa shape index (κ3) is 2.39. The Morgan fingerprint density at radius 2 is 1.82 bits per heavy atom. The summed E-state index contributed by atoms with van der Waals surface area (Å²) in [5.74, 6) is -0.175. The number of carbonyl (C=O) groups excluding carboxylic acids is 3. The van der Waals surface area contributed by atoms with E-state index < -0.39 is 10.1 Å². The van der Waals surface area contributed by atoms with E-state index in [1.54, 1.807) is 57.4 Å². The SMILES string of the molecule is CCC(=O)N1C(=O)[C@]2(S[C@@H](C)C(=O)N2c2ccc(OC)cc2)c2ccccc21. The zero-order valence-corrected chi connectivity index (χ0v) is 16.7. The van der Waals surface area contributed by atoms with Crippen LogP contribution in [-0.2, 0) is 19.3 Å². The van der Waals surface area contributed by atoms with Crippen molar-refractivity contribution in [2.75, 3.05) is 16.9 Å². The number of hydrogen-bond acceptors (Lipinski definition) is 5. The van der Waals surface area contributed by atoms with Crippen LogP contribution < -0.4 is 14.5 Å². The number of ether oxygens (including phenoxy) is 1. The predicted molar refractivity (Wildman–Crippen MR) is 108 cm³/mol. The standard InChI is InChI=1S/C21H20N2O4S/c1-4-18(24)22-17-8-6-5-7-16(17)21(20(22)26)23(19(25)13(2)28-21)14-9-11-15(27-3)12-10-14/h5-13H,4H2,1-3H3/t13-,21+/m0/s1. The molecule has 28 heavy (non-hydrogen) atoms. The number of thioether (sulfide) groups is 1. The second-order valence-corrected chi connectivity index (χ2v) is 8.21. The predicted octanol–water partition coefficient (Wildman–Crippen LogP) is 3.30. The lowest BCUT2D eigenvalue weighted by molar-refractivity contribution is -0.128. The Hall–Kier alpha value is -2.80. The number of methoxy groups -OCH3 is 1. The molecule has 7 heteroatoms. The minimum atomic E-state index is -1.29. The van der Waals surface area contributed by atoms with Gasteiger partial charge in [0.1, 0.15) is 5.75 Å². The molecule has 0 unspecified atom stereocenters. The Kier molecular flexibility index (Phi) is 4.42. The van der Waals surface area contributed by atoms with Crippen LogP contribution in [0, 0.1) is 0 Å². The zero-order chi connectivity index (χ0) is 20.1. The van der Waals surface area contributed by atoms with E-state index in [-0.39, 0.29) is 24.1 Å². The molecule has 1 fully saturated rings. The summed E-state index contributed by atoms with van der Waals surface area (Å²) in [5, 5.41) is -0.421. The van der Waals surface area contributed by atoms with Crippen LogP contribution in [0.2, 0.25) is 0 Å². The van der Waals surface area contributed by atoms with Crippen molar-refractivity contribution in [2.24, 2.45) is 0 Å². The van der Waals surface area contributed by atoms with Crippen molar-refractivity contribution in [3.63, 3.8) is 0 Å². The maximum atomic E-state index is 13.7. The Bertz CT molecular complexity index is 975. The fraction of sp³-hybridized carbons (Fsp3) is 0.286. The Morgan fingerprint density at radius 3 is 2.46 bits per heavy atom. The molecule has 2 aromatic rings. The largest absolute Gasteiger partial charge is 0.497 e. The Balaban J connectivity index is 1.93. The number of amides is 3. The van der Waals surface area contributed by atoms with E-state index in [4.69, 9.17) is 4.74 Å². The lowest BCUT2D eigenvalue weighted by Gasteiger charge is -2.33. The van der Waals surface area contributed by atoms with Crippen LogP contribution in [0.5, 0.6) is 5.75 Å². The summed E-state index contributed by atoms with van der Waals surface area (Å²) in [7, 11) is 1.57. The number of nitrogens with zero attached hydrogens (tertiary/aromatic N) is 2. The molecule has 1 spiro atoms. The lowest BCUT2D eigenvalue weighted by Crippen LogP contribution is -2.51. The second-order valence-electron chi connectivity index (χ2n) is 6.68. The highest BCUT2D eigenvalue weighted by atomic mass is 32.2. The molecule has 2 heterocycles. The molecule has 0 radical (unpaired) electrons. The first kappa shape index (κ1) is 18.6. The Labute approximate surface area is 167 Å². The third-order valence-corrected chi connectivity index (χ3v) is 6.59. The van der Waals surface area contributed by atoms with Crippen molar-refractivity contribution in [2.45, 2.75) is 30.4 Å². The summed E-state index contributed by atoms with van der Waals surface area (Å²) < 4.78 is 5.21. The van der Waals surface area contributed by atoms with Crippen LogP contribution in [0.3, 0.4) is 0 Å². The first-order valence-electron chi connectivity index (χ1n) is 9.08. The van der Waals surface area contributed by atoms with Crippen molar-refractivity contribution < 1.29 is 19.1 Å². The minimum Gasteiger partial charge on any atom is -0.497 e. The number of carbonyl (C=O) groups is 3. The molecule has 0 bridgehead atoms. The lowest BCUT2D eigenvalue weighted by atomic mass is 10.0. The summed E-state index contributed by atoms with van der Waals surface area (Å²) in [6, 6.07) is 14.2. The van der Waals surface area contributed by atoms with Gasteiger partial charge in [0.05, 0.1) is 18.0 Å². The Morgan fingerprint density at radius 1 is 1.14 bits per heavy atom. The minimum absolute atomic E-state index is 0.163. The van der Waals surface area contributed by atoms with Crippen LogP contribution in [0.15, 0.2) is 48.5 Å². The molecule has 4 rings (SSSR count). The van der Waals surface area contributed by atoms with Crippen LogP contribution in [0.1, 0.15) is 25.8 Å². The van der Waals surface area contributed by atoms with Gasteiger partial charge in [0.2, 0.25) is 16.7 Å². The quantitative estimate of drug-likeness (QED) is 0.796. The normalized spacial score (nSPS) is 23.5. The van der Waals surface area contributed by atoms with E-state index in [2.05, 4.69) is 0 Å². The number of hydrogen-bond donors (Lipinski definition) is 0. The number of para-hydroxylation sites is 1. The average molecular weight is 396 g/mol. The van der Waals surface area contributed by atoms with Crippen molar-refractivity contribution in [3.8, 4) is 5.75 Å². The molecule has 0 saturated carbocycles. The average Bonchev–Trinajstić information content (AvgIpc) is 3.13. The van der Waals surface area contributed by atoms with Crippen LogP contribution in [-0.4, -0.2) is 30.1 Å². The maximum Gasteiger partial charge on any atom is 0.275 e. The number of imide groups is 1. The van der Waals surface area contributed by atoms with Gasteiger partial charge < -0.3 is 4.74 Å². The van der Waals surface area contributed by atoms with Gasteiger partial charge in [0.25, 0.3) is 5.91 Å². The van der Waals surface area contributed by atoms with Gasteiger partial charge in [-0.25, -0.2) is 4.90 Å². The van der Waals surface area contributed by atoms with E-state index in [9.17, 15) is 14.4 Å². The van der Waals surface area contributed by atoms with Crippen molar-refractivity contribution in [3.05, 3.63) is 54.1 Å². The van der Waals surface area contributed by atoms with Gasteiger partial charge in [-0.05, 0) is 37.3 Å². The van der Waals surface area contributed by atoms with Crippen molar-refractivity contribution in [1.29, 1.82) is 0 Å². The number of rotatable bonds is 3. The third-order valence-electron chi connectivity index (χ3n) is 5.12. The molecule has 144 valence electrons. The molecule has 0 aliphatic carbocycles. The summed E-state index contributed by atoms with van der Waals surface area (Å²) in [5.41, 5.74) is 1.81. The van der Waals surface area contributed by atoms with Gasteiger partial charge in [-0.15, -0.1) is 11.8 Å². The van der Waals surface area contributed by atoms with Gasteiger partial charge in [-0.1, -0.05) is 25.1 Å². The van der Waals surface area contributed by atoms with Crippen LogP contribution in [0.4, 0.5) is 11.4 Å². The van der Waals surface area contributed by atoms with Crippen LogP contribution in [0.25, 0.3) is 0 Å². The molecule has 1 saturated heterocycles. The van der Waals surface area contributed by atoms with Crippen molar-refractivity contribution >= 4 is 40.9 Å². The summed E-state index contributed by atoms with van der Waals surface area (Å²) in [6.45, 7) is 3.51. The van der Waals surface area contributed by atoms with Gasteiger partial charge in [0.15, 0.2) is 0 Å². The molecule has 2 aromatic carbocycles. The van der Waals surface area contributed by atoms with E-state index in [1.807, 2.05) is 12.1 Å². The van der Waals surface area contributed by atoms with Gasteiger partial charge in [0, 0.05) is 17.7 Å². The molecule has 0 aromatic heterocycles. The molecule has 3 amide bonds. The van der Waals surface area contributed by atoms with Crippen LogP contribution >= 0.6 is 11.8 Å². The van der Waals surface area contributed by atoms with Gasteiger partial charge in [-0.2, -0.15) is 0 Å². The topological polar surface area (TPSA) is 66.9 Å². The molecule has 2 aliphatic rings. The van der Waals surface area contributed by atoms with E-state index >= 15 is 0 Å². The fourth-order valence-electron chi connectivity index (χ4n) is 3.80.